The third-order valence-corrected chi connectivity index (χ3v) is 3.89. The summed E-state index contributed by atoms with van der Waals surface area (Å²) in [6, 6.07) is 13.5. The Morgan fingerprint density at radius 1 is 1.18 bits per heavy atom. The zero-order valence-corrected chi connectivity index (χ0v) is 10.2. The molecule has 1 aliphatic rings. The van der Waals surface area contributed by atoms with Crippen LogP contribution in [0.3, 0.4) is 0 Å². The van der Waals surface area contributed by atoms with Gasteiger partial charge in [-0.25, -0.2) is 0 Å². The third kappa shape index (κ3) is 1.78. The summed E-state index contributed by atoms with van der Waals surface area (Å²) in [7, 11) is 0. The summed E-state index contributed by atoms with van der Waals surface area (Å²) in [6.07, 6.45) is 6.96. The fourth-order valence-electron chi connectivity index (χ4n) is 3.10. The van der Waals surface area contributed by atoms with Gasteiger partial charge in [-0.2, -0.15) is 0 Å². The molecule has 0 amide bonds. The molecule has 0 radical (unpaired) electrons. The highest BCUT2D eigenvalue weighted by molar-refractivity contribution is 5.91. The first kappa shape index (κ1) is 10.6. The van der Waals surface area contributed by atoms with E-state index in [-0.39, 0.29) is 0 Å². The van der Waals surface area contributed by atoms with Crippen LogP contribution in [0.15, 0.2) is 49.1 Å². The average molecular weight is 222 g/mol. The maximum atomic E-state index is 3.80. The van der Waals surface area contributed by atoms with Crippen molar-refractivity contribution in [2.24, 2.45) is 0 Å². The summed E-state index contributed by atoms with van der Waals surface area (Å²) in [6.45, 7) is 3.80. The van der Waals surface area contributed by atoms with Gasteiger partial charge in [0.25, 0.3) is 0 Å². The number of hydrogen-bond acceptors (Lipinski definition) is 0. The minimum atomic E-state index is 0.732. The van der Waals surface area contributed by atoms with Gasteiger partial charge in [0.05, 0.1) is 0 Å². The van der Waals surface area contributed by atoms with Crippen LogP contribution in [-0.2, 0) is 6.42 Å². The molecule has 0 saturated carbocycles. The van der Waals surface area contributed by atoms with E-state index in [2.05, 4.69) is 43.0 Å². The minimum Gasteiger partial charge on any atom is -0.103 e. The Kier molecular flexibility index (Phi) is 2.72. The molecule has 17 heavy (non-hydrogen) atoms. The van der Waals surface area contributed by atoms with Crippen LogP contribution < -0.4 is 0 Å². The number of unbranched alkanes of at least 4 members (excludes halogenated alkanes) is 1. The van der Waals surface area contributed by atoms with Crippen molar-refractivity contribution in [1.29, 1.82) is 0 Å². The molecule has 0 fully saturated rings. The molecule has 0 heteroatoms. The van der Waals surface area contributed by atoms with Crippen molar-refractivity contribution in [3.8, 4) is 0 Å². The van der Waals surface area contributed by atoms with Gasteiger partial charge in [0.15, 0.2) is 0 Å². The predicted molar refractivity (Wildman–Crippen MR) is 74.4 cm³/mol. The Balaban J connectivity index is 1.95. The molecule has 1 unspecified atom stereocenters. The van der Waals surface area contributed by atoms with E-state index < -0.39 is 0 Å². The Morgan fingerprint density at radius 3 is 2.82 bits per heavy atom. The van der Waals surface area contributed by atoms with Crippen LogP contribution in [0, 0.1) is 0 Å². The van der Waals surface area contributed by atoms with Crippen LogP contribution in [0.5, 0.6) is 0 Å². The summed E-state index contributed by atoms with van der Waals surface area (Å²) in [5.41, 5.74) is 3.11. The minimum absolute atomic E-state index is 0.732. The average Bonchev–Trinajstić information content (AvgIpc) is 2.71. The van der Waals surface area contributed by atoms with E-state index in [1.165, 1.54) is 30.0 Å². The fourth-order valence-corrected chi connectivity index (χ4v) is 3.10. The smallest absolute Gasteiger partial charge is 0.0115 e. The zero-order chi connectivity index (χ0) is 11.7. The van der Waals surface area contributed by atoms with E-state index in [9.17, 15) is 0 Å². The second kappa shape index (κ2) is 4.37. The van der Waals surface area contributed by atoms with Crippen LogP contribution in [0.1, 0.15) is 36.3 Å². The number of allylic oxidation sites excluding steroid dienone is 1. The molecule has 86 valence electrons. The first-order valence-corrected chi connectivity index (χ1v) is 6.51. The second-order valence-electron chi connectivity index (χ2n) is 4.98. The molecule has 2 aromatic rings. The molecular formula is C17H18. The Morgan fingerprint density at radius 2 is 2.00 bits per heavy atom. The number of hydrogen-bond donors (Lipinski definition) is 0. The number of rotatable bonds is 4. The molecule has 2 aromatic carbocycles. The third-order valence-electron chi connectivity index (χ3n) is 3.89. The quantitative estimate of drug-likeness (QED) is 0.513. The SMILES string of the molecule is C=CCCCC1Cc2cccc3cccc1c23. The molecular weight excluding hydrogens is 204 g/mol. The second-order valence-corrected chi connectivity index (χ2v) is 4.98. The first-order chi connectivity index (χ1) is 8.40. The van der Waals surface area contributed by atoms with Gasteiger partial charge in [-0.05, 0) is 53.5 Å². The molecule has 0 heterocycles. The number of benzene rings is 2. The summed E-state index contributed by atoms with van der Waals surface area (Å²) in [5, 5.41) is 2.94. The fraction of sp³-hybridized carbons (Fsp3) is 0.294. The monoisotopic (exact) mass is 222 g/mol. The molecule has 3 rings (SSSR count). The highest BCUT2D eigenvalue weighted by atomic mass is 14.3. The van der Waals surface area contributed by atoms with Crippen molar-refractivity contribution in [3.05, 3.63) is 60.2 Å². The topological polar surface area (TPSA) is 0 Å². The Bertz CT molecular complexity index is 546. The van der Waals surface area contributed by atoms with Crippen LogP contribution in [0.2, 0.25) is 0 Å². The van der Waals surface area contributed by atoms with Gasteiger partial charge >= 0.3 is 0 Å². The van der Waals surface area contributed by atoms with E-state index in [4.69, 9.17) is 0 Å². The molecule has 0 spiro atoms. The van der Waals surface area contributed by atoms with Gasteiger partial charge < -0.3 is 0 Å². The molecule has 0 aromatic heterocycles. The van der Waals surface area contributed by atoms with Crippen LogP contribution in [0.25, 0.3) is 10.8 Å². The van der Waals surface area contributed by atoms with E-state index >= 15 is 0 Å². The van der Waals surface area contributed by atoms with E-state index in [0.717, 1.165) is 12.3 Å². The van der Waals surface area contributed by atoms with Crippen LogP contribution in [-0.4, -0.2) is 0 Å². The van der Waals surface area contributed by atoms with Crippen LogP contribution in [0.4, 0.5) is 0 Å². The van der Waals surface area contributed by atoms with E-state index in [1.54, 1.807) is 11.1 Å². The molecule has 0 bridgehead atoms. The molecule has 1 atom stereocenters. The maximum Gasteiger partial charge on any atom is -0.0115 e. The summed E-state index contributed by atoms with van der Waals surface area (Å²) < 4.78 is 0. The molecule has 1 aliphatic carbocycles. The van der Waals surface area contributed by atoms with Crippen molar-refractivity contribution in [2.45, 2.75) is 31.6 Å². The van der Waals surface area contributed by atoms with Gasteiger partial charge in [0.1, 0.15) is 0 Å². The largest absolute Gasteiger partial charge is 0.103 e. The van der Waals surface area contributed by atoms with Crippen molar-refractivity contribution in [2.75, 3.05) is 0 Å². The Hall–Kier alpha value is -1.56. The van der Waals surface area contributed by atoms with Gasteiger partial charge in [-0.3, -0.25) is 0 Å². The predicted octanol–water partition coefficient (Wildman–Crippen LogP) is 4.84. The van der Waals surface area contributed by atoms with Gasteiger partial charge in [-0.15, -0.1) is 6.58 Å². The lowest BCUT2D eigenvalue weighted by atomic mass is 9.94. The zero-order valence-electron chi connectivity index (χ0n) is 10.2. The van der Waals surface area contributed by atoms with Crippen LogP contribution >= 0.6 is 0 Å². The van der Waals surface area contributed by atoms with E-state index in [1.807, 2.05) is 6.08 Å². The summed E-state index contributed by atoms with van der Waals surface area (Å²) in [5.74, 6) is 0.732. The normalized spacial score (nSPS) is 17.5. The van der Waals surface area contributed by atoms with Crippen molar-refractivity contribution in [1.82, 2.24) is 0 Å². The highest BCUT2D eigenvalue weighted by Crippen LogP contribution is 2.40. The van der Waals surface area contributed by atoms with Crippen molar-refractivity contribution in [3.63, 3.8) is 0 Å². The Labute approximate surface area is 103 Å². The molecule has 0 saturated heterocycles. The van der Waals surface area contributed by atoms with Gasteiger partial charge in [-0.1, -0.05) is 42.5 Å². The molecule has 0 N–H and O–H groups in total. The van der Waals surface area contributed by atoms with E-state index in [0.29, 0.717) is 0 Å². The summed E-state index contributed by atoms with van der Waals surface area (Å²) >= 11 is 0. The lowest BCUT2D eigenvalue weighted by molar-refractivity contribution is 0.611. The van der Waals surface area contributed by atoms with Crippen molar-refractivity contribution < 1.29 is 0 Å². The van der Waals surface area contributed by atoms with Gasteiger partial charge in [0, 0.05) is 0 Å². The maximum absolute atomic E-state index is 3.80. The summed E-state index contributed by atoms with van der Waals surface area (Å²) in [4.78, 5) is 0. The molecule has 0 nitrogen and oxygen atoms in total. The van der Waals surface area contributed by atoms with Gasteiger partial charge in [0.2, 0.25) is 0 Å². The first-order valence-electron chi connectivity index (χ1n) is 6.51. The lowest BCUT2D eigenvalue weighted by Crippen LogP contribution is -1.95. The standard InChI is InChI=1S/C17H18/c1-2-3-4-7-14-12-15-10-5-8-13-9-6-11-16(14)17(13)15/h2,5-6,8-11,14H,1,3-4,7,12H2. The molecule has 0 aliphatic heterocycles. The lowest BCUT2D eigenvalue weighted by Gasteiger charge is -2.10. The van der Waals surface area contributed by atoms with Crippen molar-refractivity contribution >= 4 is 10.8 Å². The highest BCUT2D eigenvalue weighted by Gasteiger charge is 2.23.